The molecule has 0 bridgehead atoms. The number of halogens is 3. The molecule has 1 aliphatic heterocycles. The van der Waals surface area contributed by atoms with Gasteiger partial charge in [-0.05, 0) is 50.6 Å². The van der Waals surface area contributed by atoms with Gasteiger partial charge >= 0.3 is 6.36 Å². The molecule has 1 unspecified atom stereocenters. The average Bonchev–Trinajstić information content (AvgIpc) is 2.60. The maximum Gasteiger partial charge on any atom is 0.573 e. The van der Waals surface area contributed by atoms with Gasteiger partial charge in [0.05, 0.1) is 6.61 Å². The summed E-state index contributed by atoms with van der Waals surface area (Å²) in [4.78, 5) is 4.43. The van der Waals surface area contributed by atoms with Crippen LogP contribution in [0.1, 0.15) is 38.4 Å². The topological polar surface area (TPSA) is 66.4 Å². The van der Waals surface area contributed by atoms with Crippen LogP contribution in [0.15, 0.2) is 42.6 Å². The van der Waals surface area contributed by atoms with Crippen LogP contribution in [0.25, 0.3) is 0 Å². The zero-order valence-corrected chi connectivity index (χ0v) is 16.5. The molecule has 1 N–H and O–H groups in total. The minimum atomic E-state index is -4.77. The third-order valence-corrected chi connectivity index (χ3v) is 5.96. The van der Waals surface area contributed by atoms with Gasteiger partial charge in [0.15, 0.2) is 0 Å². The second-order valence-electron chi connectivity index (χ2n) is 7.41. The molecule has 0 saturated heterocycles. The van der Waals surface area contributed by atoms with Gasteiger partial charge in [-0.2, -0.15) is 0 Å². The van der Waals surface area contributed by atoms with Crippen LogP contribution in [-0.2, 0) is 16.9 Å². The van der Waals surface area contributed by atoms with Crippen molar-refractivity contribution in [3.8, 4) is 11.5 Å². The van der Waals surface area contributed by atoms with Crippen LogP contribution in [0.2, 0.25) is 0 Å². The molecular formula is C19H21F3N2O3S. The van der Waals surface area contributed by atoms with Crippen LogP contribution in [0, 0.1) is 0 Å². The predicted molar refractivity (Wildman–Crippen MR) is 99.3 cm³/mol. The van der Waals surface area contributed by atoms with Gasteiger partial charge in [-0.3, -0.25) is 4.98 Å². The molecule has 2 aromatic rings. The van der Waals surface area contributed by atoms with Crippen molar-refractivity contribution >= 4 is 11.4 Å². The number of aromatic nitrogens is 1. The van der Waals surface area contributed by atoms with Crippen molar-refractivity contribution < 1.29 is 27.2 Å². The molecule has 0 aliphatic carbocycles. The lowest BCUT2D eigenvalue weighted by Crippen LogP contribution is -2.54. The van der Waals surface area contributed by atoms with Gasteiger partial charge < -0.3 is 14.0 Å². The Labute approximate surface area is 164 Å². The first-order valence-corrected chi connectivity index (χ1v) is 9.80. The van der Waals surface area contributed by atoms with E-state index in [9.17, 15) is 17.7 Å². The Kier molecular flexibility index (Phi) is 5.53. The summed E-state index contributed by atoms with van der Waals surface area (Å²) in [5, 5.41) is 0. The van der Waals surface area contributed by atoms with E-state index in [1.807, 2.05) is 20.8 Å². The van der Waals surface area contributed by atoms with Gasteiger partial charge in [0.1, 0.15) is 27.5 Å². The highest BCUT2D eigenvalue weighted by atomic mass is 32.2. The van der Waals surface area contributed by atoms with Gasteiger partial charge in [-0.1, -0.05) is 12.1 Å². The fourth-order valence-corrected chi connectivity index (χ4v) is 3.89. The summed E-state index contributed by atoms with van der Waals surface area (Å²) in [5.41, 5.74) is 0.204. The van der Waals surface area contributed by atoms with Crippen LogP contribution in [0.4, 0.5) is 13.2 Å². The highest BCUT2D eigenvalue weighted by Gasteiger charge is 2.47. The molecule has 3 rings (SSSR count). The number of alkyl halides is 3. The van der Waals surface area contributed by atoms with Crippen LogP contribution >= 0.6 is 0 Å². The van der Waals surface area contributed by atoms with E-state index in [4.69, 9.17) is 4.74 Å². The third kappa shape index (κ3) is 4.37. The average molecular weight is 414 g/mol. The molecule has 0 saturated carbocycles. The standard InChI is InChI=1S/C19H21F3N2O3S/c1-17(2,3)28(25)24-18(10-12-26-15-5-4-11-23-16(15)18)13-6-8-14(9-7-13)27-19(20,21)22/h4-9,11,24H,10,12H2,1-3H3/t18-,28?/m0/s1. The Bertz CT molecular complexity index is 824. The van der Waals surface area contributed by atoms with Crippen molar-refractivity contribution in [2.45, 2.75) is 43.8 Å². The van der Waals surface area contributed by atoms with E-state index in [2.05, 4.69) is 14.4 Å². The van der Waals surface area contributed by atoms with Crippen molar-refractivity contribution in [2.75, 3.05) is 6.61 Å². The normalized spacial score (nSPS) is 20.8. The molecule has 0 spiro atoms. The number of benzene rings is 1. The second-order valence-corrected chi connectivity index (χ2v) is 9.38. The van der Waals surface area contributed by atoms with Gasteiger partial charge in [-0.25, -0.2) is 0 Å². The van der Waals surface area contributed by atoms with Crippen molar-refractivity contribution in [1.82, 2.24) is 9.71 Å². The van der Waals surface area contributed by atoms with Gasteiger partial charge in [0, 0.05) is 24.0 Å². The summed E-state index contributed by atoms with van der Waals surface area (Å²) in [6.07, 6.45) is -2.75. The quantitative estimate of drug-likeness (QED) is 0.765. The minimum absolute atomic E-state index is 0.323. The van der Waals surface area contributed by atoms with E-state index in [-0.39, 0.29) is 5.75 Å². The Morgan fingerprint density at radius 2 is 1.86 bits per heavy atom. The Morgan fingerprint density at radius 1 is 1.18 bits per heavy atom. The molecule has 0 amide bonds. The molecule has 5 nitrogen and oxygen atoms in total. The summed E-state index contributed by atoms with van der Waals surface area (Å²) < 4.78 is 62.6. The summed E-state index contributed by atoms with van der Waals surface area (Å²) in [6, 6.07) is 9.03. The lowest BCUT2D eigenvalue weighted by atomic mass is 9.82. The van der Waals surface area contributed by atoms with Crippen molar-refractivity contribution in [3.05, 3.63) is 53.9 Å². The van der Waals surface area contributed by atoms with Gasteiger partial charge in [0.2, 0.25) is 0 Å². The minimum Gasteiger partial charge on any atom is -0.598 e. The summed E-state index contributed by atoms with van der Waals surface area (Å²) in [5.74, 6) is 0.222. The SMILES string of the molecule is CC(C)(C)[S+]([O-])N[C@]1(c2ccc(OC(F)(F)F)cc2)CCOc2cccnc21. The number of ether oxygens (including phenoxy) is 2. The monoisotopic (exact) mass is 414 g/mol. The van der Waals surface area contributed by atoms with Gasteiger partial charge in [-0.15, -0.1) is 17.9 Å². The van der Waals surface area contributed by atoms with E-state index in [0.29, 0.717) is 30.0 Å². The lowest BCUT2D eigenvalue weighted by Gasteiger charge is -2.40. The number of nitrogens with zero attached hydrogens (tertiary/aromatic N) is 1. The first kappa shape index (κ1) is 20.8. The number of rotatable bonds is 4. The highest BCUT2D eigenvalue weighted by Crippen LogP contribution is 2.42. The number of hydrogen-bond acceptors (Lipinski definition) is 5. The van der Waals surface area contributed by atoms with E-state index in [0.717, 1.165) is 0 Å². The Hall–Kier alpha value is -1.97. The number of pyridine rings is 1. The maximum atomic E-state index is 12.9. The summed E-state index contributed by atoms with van der Waals surface area (Å²) >= 11 is -1.46. The van der Waals surface area contributed by atoms with E-state index < -0.39 is 28.0 Å². The van der Waals surface area contributed by atoms with Gasteiger partial charge in [0.25, 0.3) is 0 Å². The molecule has 2 heterocycles. The molecule has 28 heavy (non-hydrogen) atoms. The van der Waals surface area contributed by atoms with Crippen molar-refractivity contribution in [1.29, 1.82) is 0 Å². The van der Waals surface area contributed by atoms with E-state index in [1.54, 1.807) is 18.3 Å². The first-order valence-electron chi connectivity index (χ1n) is 8.65. The van der Waals surface area contributed by atoms with E-state index >= 15 is 0 Å². The zero-order chi connectivity index (χ0) is 20.6. The smallest absolute Gasteiger partial charge is 0.573 e. The van der Waals surface area contributed by atoms with Crippen LogP contribution in [0.3, 0.4) is 0 Å². The second kappa shape index (κ2) is 7.46. The first-order chi connectivity index (χ1) is 13.0. The molecule has 1 aliphatic rings. The number of nitrogens with one attached hydrogen (secondary N) is 1. The maximum absolute atomic E-state index is 12.9. The number of fused-ring (bicyclic) bond motifs is 1. The number of hydrogen-bond donors (Lipinski definition) is 1. The molecular weight excluding hydrogens is 393 g/mol. The summed E-state index contributed by atoms with van der Waals surface area (Å²) in [6.45, 7) is 5.85. The zero-order valence-electron chi connectivity index (χ0n) is 15.7. The predicted octanol–water partition coefficient (Wildman–Crippen LogP) is 4.06. The largest absolute Gasteiger partial charge is 0.598 e. The fraction of sp³-hybridized carbons (Fsp3) is 0.421. The van der Waals surface area contributed by atoms with Crippen LogP contribution < -0.4 is 14.2 Å². The fourth-order valence-electron chi connectivity index (χ4n) is 2.95. The molecule has 1 aromatic carbocycles. The summed E-state index contributed by atoms with van der Waals surface area (Å²) in [7, 11) is 0. The van der Waals surface area contributed by atoms with Crippen molar-refractivity contribution in [2.24, 2.45) is 0 Å². The van der Waals surface area contributed by atoms with Crippen LogP contribution in [0.5, 0.6) is 11.5 Å². The molecule has 2 atom stereocenters. The van der Waals surface area contributed by atoms with Crippen molar-refractivity contribution in [3.63, 3.8) is 0 Å². The highest BCUT2D eigenvalue weighted by molar-refractivity contribution is 7.90. The van der Waals surface area contributed by atoms with Crippen LogP contribution in [-0.4, -0.2) is 27.3 Å². The lowest BCUT2D eigenvalue weighted by molar-refractivity contribution is -0.274. The molecule has 152 valence electrons. The molecule has 0 radical (unpaired) electrons. The molecule has 0 fully saturated rings. The Balaban J connectivity index is 2.06. The molecule has 9 heteroatoms. The Morgan fingerprint density at radius 3 is 2.46 bits per heavy atom. The third-order valence-electron chi connectivity index (χ3n) is 4.31. The van der Waals surface area contributed by atoms with E-state index in [1.165, 1.54) is 24.3 Å². The molecule has 1 aromatic heterocycles.